The molecule has 1 saturated heterocycles. The smallest absolute Gasteiger partial charge is 0.162 e. The molecule has 0 bridgehead atoms. The second-order valence-corrected chi connectivity index (χ2v) is 7.33. The largest absolute Gasteiger partial charge is 0.391 e. The number of rotatable bonds is 3. The van der Waals surface area contributed by atoms with Crippen LogP contribution in [-0.4, -0.2) is 51.6 Å². The van der Waals surface area contributed by atoms with Crippen LogP contribution in [0.4, 0.5) is 5.82 Å². The number of fused-ring (bicyclic) bond motifs is 2. The summed E-state index contributed by atoms with van der Waals surface area (Å²) in [5, 5.41) is 17.7. The molecule has 26 heavy (non-hydrogen) atoms. The lowest BCUT2D eigenvalue weighted by molar-refractivity contribution is 0.122. The van der Waals surface area contributed by atoms with Crippen molar-refractivity contribution in [2.75, 3.05) is 31.2 Å². The third kappa shape index (κ3) is 2.54. The Bertz CT molecular complexity index is 1080. The standard InChI is InChI=1S/C18H17N5O2S/c24-10-11-8-15-16(26-11)18(23-4-6-25-7-5-23)21-17(20-15)12-2-1-3-14-13(12)9-19-22-14/h1-3,8-9,24H,4-7,10H2,(H,19,22). The summed E-state index contributed by atoms with van der Waals surface area (Å²) in [7, 11) is 0. The Kier molecular flexibility index (Phi) is 3.81. The average Bonchev–Trinajstić information content (AvgIpc) is 3.34. The number of H-pyrrole nitrogens is 1. The highest BCUT2D eigenvalue weighted by Crippen LogP contribution is 2.35. The lowest BCUT2D eigenvalue weighted by Gasteiger charge is -2.28. The summed E-state index contributed by atoms with van der Waals surface area (Å²) in [4.78, 5) is 12.8. The number of thiophene rings is 1. The first-order valence-corrected chi connectivity index (χ1v) is 9.31. The Morgan fingerprint density at radius 3 is 2.96 bits per heavy atom. The van der Waals surface area contributed by atoms with Gasteiger partial charge in [0.2, 0.25) is 0 Å². The van der Waals surface area contributed by atoms with Crippen molar-refractivity contribution in [3.63, 3.8) is 0 Å². The summed E-state index contributed by atoms with van der Waals surface area (Å²) in [5.74, 6) is 1.59. The molecular formula is C18H17N5O2S. The van der Waals surface area contributed by atoms with Crippen molar-refractivity contribution in [3.05, 3.63) is 35.3 Å². The van der Waals surface area contributed by atoms with Gasteiger partial charge in [0, 0.05) is 28.9 Å². The van der Waals surface area contributed by atoms with Gasteiger partial charge in [0.15, 0.2) is 11.6 Å². The van der Waals surface area contributed by atoms with Crippen molar-refractivity contribution in [2.24, 2.45) is 0 Å². The van der Waals surface area contributed by atoms with E-state index in [1.54, 1.807) is 17.5 Å². The van der Waals surface area contributed by atoms with E-state index in [1.165, 1.54) is 0 Å². The van der Waals surface area contributed by atoms with E-state index in [4.69, 9.17) is 14.7 Å². The zero-order valence-electron chi connectivity index (χ0n) is 14.0. The van der Waals surface area contributed by atoms with Crippen molar-refractivity contribution < 1.29 is 9.84 Å². The summed E-state index contributed by atoms with van der Waals surface area (Å²) >= 11 is 1.55. The van der Waals surface area contributed by atoms with Crippen LogP contribution in [-0.2, 0) is 11.3 Å². The molecule has 5 rings (SSSR count). The number of aliphatic hydroxyl groups is 1. The van der Waals surface area contributed by atoms with Gasteiger partial charge >= 0.3 is 0 Å². The van der Waals surface area contributed by atoms with Gasteiger partial charge in [-0.1, -0.05) is 12.1 Å². The van der Waals surface area contributed by atoms with E-state index in [0.717, 1.165) is 50.5 Å². The van der Waals surface area contributed by atoms with Gasteiger partial charge in [0.1, 0.15) is 0 Å². The molecule has 0 aliphatic carbocycles. The molecule has 0 radical (unpaired) electrons. The van der Waals surface area contributed by atoms with E-state index in [-0.39, 0.29) is 6.61 Å². The van der Waals surface area contributed by atoms with Gasteiger partial charge in [-0.2, -0.15) is 5.10 Å². The van der Waals surface area contributed by atoms with Crippen LogP contribution in [0.5, 0.6) is 0 Å². The highest BCUT2D eigenvalue weighted by Gasteiger charge is 2.20. The number of anilines is 1. The second-order valence-electron chi connectivity index (χ2n) is 6.19. The van der Waals surface area contributed by atoms with Crippen LogP contribution in [0, 0.1) is 0 Å². The summed E-state index contributed by atoms with van der Waals surface area (Å²) in [6.07, 6.45) is 1.80. The van der Waals surface area contributed by atoms with Crippen molar-refractivity contribution in [2.45, 2.75) is 6.61 Å². The summed E-state index contributed by atoms with van der Waals surface area (Å²) in [5.41, 5.74) is 2.77. The average molecular weight is 367 g/mol. The minimum absolute atomic E-state index is 0.0101. The molecule has 0 spiro atoms. The van der Waals surface area contributed by atoms with Crippen molar-refractivity contribution in [1.82, 2.24) is 20.2 Å². The van der Waals surface area contributed by atoms with Gasteiger partial charge in [-0.15, -0.1) is 11.3 Å². The number of hydrogen-bond acceptors (Lipinski definition) is 7. The van der Waals surface area contributed by atoms with E-state index in [0.29, 0.717) is 19.0 Å². The third-order valence-corrected chi connectivity index (χ3v) is 5.70. The van der Waals surface area contributed by atoms with Crippen LogP contribution in [0.1, 0.15) is 4.88 Å². The normalized spacial score (nSPS) is 15.2. The SMILES string of the molecule is OCc1cc2nc(-c3cccc4[nH]ncc34)nc(N3CCOCC3)c2s1. The van der Waals surface area contributed by atoms with E-state index < -0.39 is 0 Å². The van der Waals surface area contributed by atoms with E-state index in [9.17, 15) is 5.11 Å². The zero-order valence-corrected chi connectivity index (χ0v) is 14.8. The van der Waals surface area contributed by atoms with Gasteiger partial charge in [0.25, 0.3) is 0 Å². The van der Waals surface area contributed by atoms with Crippen molar-refractivity contribution >= 4 is 38.3 Å². The Morgan fingerprint density at radius 1 is 1.23 bits per heavy atom. The number of nitrogens with one attached hydrogen (secondary N) is 1. The molecule has 4 aromatic rings. The molecule has 0 atom stereocenters. The molecule has 1 aliphatic rings. The highest BCUT2D eigenvalue weighted by molar-refractivity contribution is 7.19. The predicted octanol–water partition coefficient (Wildman–Crippen LogP) is 2.56. The summed E-state index contributed by atoms with van der Waals surface area (Å²) in [6, 6.07) is 7.93. The lowest BCUT2D eigenvalue weighted by Crippen LogP contribution is -2.36. The van der Waals surface area contributed by atoms with Crippen LogP contribution in [0.3, 0.4) is 0 Å². The molecule has 0 saturated carbocycles. The maximum absolute atomic E-state index is 9.56. The molecule has 4 heterocycles. The van der Waals surface area contributed by atoms with E-state index in [2.05, 4.69) is 15.1 Å². The topological polar surface area (TPSA) is 87.2 Å². The minimum Gasteiger partial charge on any atom is -0.391 e. The fourth-order valence-corrected chi connectivity index (χ4v) is 4.29. The zero-order chi connectivity index (χ0) is 17.5. The van der Waals surface area contributed by atoms with Gasteiger partial charge in [-0.25, -0.2) is 9.97 Å². The monoisotopic (exact) mass is 367 g/mol. The molecule has 1 aromatic carbocycles. The quantitative estimate of drug-likeness (QED) is 0.579. The van der Waals surface area contributed by atoms with Crippen LogP contribution in [0.25, 0.3) is 32.5 Å². The second kappa shape index (κ2) is 6.31. The van der Waals surface area contributed by atoms with Gasteiger partial charge in [-0.3, -0.25) is 5.10 Å². The Hall–Kier alpha value is -2.55. The first-order valence-electron chi connectivity index (χ1n) is 8.50. The maximum atomic E-state index is 9.56. The molecule has 1 aliphatic heterocycles. The first-order chi connectivity index (χ1) is 12.8. The van der Waals surface area contributed by atoms with Gasteiger partial charge in [0.05, 0.1) is 41.8 Å². The van der Waals surface area contributed by atoms with Crippen LogP contribution < -0.4 is 4.90 Å². The number of ether oxygens (including phenoxy) is 1. The summed E-state index contributed by atoms with van der Waals surface area (Å²) < 4.78 is 6.50. The number of hydrogen-bond donors (Lipinski definition) is 2. The third-order valence-electron chi connectivity index (χ3n) is 4.60. The van der Waals surface area contributed by atoms with Gasteiger partial charge in [-0.05, 0) is 12.1 Å². The maximum Gasteiger partial charge on any atom is 0.162 e. The number of aromatic amines is 1. The van der Waals surface area contributed by atoms with Crippen molar-refractivity contribution in [1.29, 1.82) is 0 Å². The fourth-order valence-electron chi connectivity index (χ4n) is 3.32. The molecule has 8 heteroatoms. The van der Waals surface area contributed by atoms with E-state index in [1.807, 2.05) is 24.3 Å². The number of aromatic nitrogens is 4. The Morgan fingerprint density at radius 2 is 2.12 bits per heavy atom. The number of nitrogens with zero attached hydrogens (tertiary/aromatic N) is 4. The molecule has 7 nitrogen and oxygen atoms in total. The lowest BCUT2D eigenvalue weighted by atomic mass is 10.1. The molecule has 0 amide bonds. The predicted molar refractivity (Wildman–Crippen MR) is 101 cm³/mol. The summed E-state index contributed by atoms with van der Waals surface area (Å²) in [6.45, 7) is 2.99. The molecule has 0 unspecified atom stereocenters. The number of aliphatic hydroxyl groups excluding tert-OH is 1. The number of benzene rings is 1. The highest BCUT2D eigenvalue weighted by atomic mass is 32.1. The Labute approximate surface area is 153 Å². The van der Waals surface area contributed by atoms with E-state index >= 15 is 0 Å². The molecular weight excluding hydrogens is 350 g/mol. The Balaban J connectivity index is 1.74. The van der Waals surface area contributed by atoms with Crippen LogP contribution in [0.2, 0.25) is 0 Å². The molecule has 2 N–H and O–H groups in total. The molecule has 3 aromatic heterocycles. The van der Waals surface area contributed by atoms with Crippen LogP contribution >= 0.6 is 11.3 Å². The molecule has 132 valence electrons. The fraction of sp³-hybridized carbons (Fsp3) is 0.278. The first kappa shape index (κ1) is 15.7. The molecule has 1 fully saturated rings. The van der Waals surface area contributed by atoms with Crippen molar-refractivity contribution in [3.8, 4) is 11.4 Å². The van der Waals surface area contributed by atoms with Gasteiger partial charge < -0.3 is 14.7 Å². The minimum atomic E-state index is 0.0101. The number of morpholine rings is 1. The van der Waals surface area contributed by atoms with Crippen LogP contribution in [0.15, 0.2) is 30.5 Å².